The Kier molecular flexibility index (Phi) is 10.6. The van der Waals surface area contributed by atoms with E-state index in [1.54, 1.807) is 36.4 Å². The highest BCUT2D eigenvalue weighted by molar-refractivity contribution is 6.46. The van der Waals surface area contributed by atoms with Crippen LogP contribution in [0.3, 0.4) is 0 Å². The van der Waals surface area contributed by atoms with E-state index in [1.807, 2.05) is 6.92 Å². The van der Waals surface area contributed by atoms with Crippen LogP contribution in [0.1, 0.15) is 50.8 Å². The highest BCUT2D eigenvalue weighted by Crippen LogP contribution is 2.45. The predicted molar refractivity (Wildman–Crippen MR) is 150 cm³/mol. The van der Waals surface area contributed by atoms with Crippen molar-refractivity contribution in [3.05, 3.63) is 53.1 Å². The first-order valence-corrected chi connectivity index (χ1v) is 13.4. The number of hydrogen-bond donors (Lipinski definition) is 1. The van der Waals surface area contributed by atoms with E-state index in [4.69, 9.17) is 18.9 Å². The zero-order valence-corrected chi connectivity index (χ0v) is 23.8. The third kappa shape index (κ3) is 6.47. The van der Waals surface area contributed by atoms with Crippen molar-refractivity contribution in [3.63, 3.8) is 0 Å². The van der Waals surface area contributed by atoms with E-state index >= 15 is 0 Å². The second-order valence-electron chi connectivity index (χ2n) is 9.21. The molecule has 0 aliphatic carbocycles. The van der Waals surface area contributed by atoms with Gasteiger partial charge in [-0.1, -0.05) is 32.9 Å². The van der Waals surface area contributed by atoms with Crippen LogP contribution in [0.15, 0.2) is 42.0 Å². The smallest absolute Gasteiger partial charge is 0.295 e. The van der Waals surface area contributed by atoms with Crippen LogP contribution >= 0.6 is 0 Å². The largest absolute Gasteiger partial charge is 0.507 e. The molecule has 39 heavy (non-hydrogen) atoms. The molecule has 1 aliphatic rings. The summed E-state index contributed by atoms with van der Waals surface area (Å²) in [6.07, 6.45) is 1.49. The van der Waals surface area contributed by atoms with Crippen molar-refractivity contribution in [1.29, 1.82) is 0 Å². The fourth-order valence-corrected chi connectivity index (χ4v) is 4.83. The number of ketones is 1. The third-order valence-electron chi connectivity index (χ3n) is 6.89. The molecule has 1 saturated heterocycles. The lowest BCUT2D eigenvalue weighted by molar-refractivity contribution is -0.140. The molecule has 1 unspecified atom stereocenters. The molecule has 1 fully saturated rings. The van der Waals surface area contributed by atoms with Gasteiger partial charge in [0.05, 0.1) is 39.6 Å². The number of Topliss-reactive ketones (excluding diaryl/α,β-unsaturated/α-hetero) is 1. The molecular weight excluding hydrogens is 500 g/mol. The number of carbonyl (C=O) groups is 2. The van der Waals surface area contributed by atoms with Crippen LogP contribution in [0.2, 0.25) is 0 Å². The van der Waals surface area contributed by atoms with Crippen molar-refractivity contribution >= 4 is 17.4 Å². The Labute approximate surface area is 230 Å². The molecule has 9 nitrogen and oxygen atoms in total. The fraction of sp³-hybridized carbons (Fsp3) is 0.467. The molecule has 0 bridgehead atoms. The van der Waals surface area contributed by atoms with Gasteiger partial charge in [0.2, 0.25) is 5.75 Å². The number of nitrogens with zero attached hydrogens (tertiary/aromatic N) is 2. The topological polar surface area (TPSA) is 97.8 Å². The van der Waals surface area contributed by atoms with Crippen molar-refractivity contribution in [2.75, 3.05) is 54.1 Å². The highest BCUT2D eigenvalue weighted by atomic mass is 16.5. The van der Waals surface area contributed by atoms with Crippen molar-refractivity contribution < 1.29 is 33.6 Å². The minimum absolute atomic E-state index is 0.00440. The van der Waals surface area contributed by atoms with Gasteiger partial charge in [-0.2, -0.15) is 0 Å². The van der Waals surface area contributed by atoms with Gasteiger partial charge in [-0.3, -0.25) is 9.59 Å². The van der Waals surface area contributed by atoms with Crippen LogP contribution < -0.4 is 18.9 Å². The summed E-state index contributed by atoms with van der Waals surface area (Å²) in [4.78, 5) is 30.7. The second-order valence-corrected chi connectivity index (χ2v) is 9.21. The Morgan fingerprint density at radius 1 is 0.974 bits per heavy atom. The average Bonchev–Trinajstić information content (AvgIpc) is 3.22. The lowest BCUT2D eigenvalue weighted by atomic mass is 9.94. The Morgan fingerprint density at radius 3 is 2.21 bits per heavy atom. The summed E-state index contributed by atoms with van der Waals surface area (Å²) in [6.45, 7) is 9.58. The van der Waals surface area contributed by atoms with Crippen molar-refractivity contribution in [3.8, 4) is 23.0 Å². The Balaban J connectivity index is 2.16. The number of aliphatic hydroxyl groups is 1. The summed E-state index contributed by atoms with van der Waals surface area (Å²) < 4.78 is 22.3. The highest BCUT2D eigenvalue weighted by Gasteiger charge is 2.46. The van der Waals surface area contributed by atoms with E-state index in [2.05, 4.69) is 18.7 Å². The Hall–Kier alpha value is -3.72. The summed E-state index contributed by atoms with van der Waals surface area (Å²) in [5.74, 6) is 0.0651. The van der Waals surface area contributed by atoms with E-state index in [0.29, 0.717) is 53.7 Å². The number of methoxy groups -OCH3 is 3. The van der Waals surface area contributed by atoms with Crippen LogP contribution in [0, 0.1) is 0 Å². The van der Waals surface area contributed by atoms with Crippen LogP contribution in [-0.4, -0.2) is 80.7 Å². The van der Waals surface area contributed by atoms with Gasteiger partial charge in [0.25, 0.3) is 11.7 Å². The number of aliphatic hydroxyl groups excluding tert-OH is 1. The average molecular weight is 541 g/mol. The maximum Gasteiger partial charge on any atom is 0.295 e. The Morgan fingerprint density at radius 2 is 1.64 bits per heavy atom. The molecule has 0 radical (unpaired) electrons. The van der Waals surface area contributed by atoms with E-state index in [1.165, 1.54) is 26.2 Å². The number of amides is 1. The lowest BCUT2D eigenvalue weighted by Crippen LogP contribution is -2.33. The SMILES string of the molecule is CCCOc1cccc(C(O)=C2C(=O)C(=O)N(CCCN(CC)CC)C2c2cc(OC)c(OC)c(OC)c2)c1. The summed E-state index contributed by atoms with van der Waals surface area (Å²) >= 11 is 0. The van der Waals surface area contributed by atoms with Gasteiger partial charge in [-0.05, 0) is 62.3 Å². The van der Waals surface area contributed by atoms with Gasteiger partial charge in [0.15, 0.2) is 11.5 Å². The van der Waals surface area contributed by atoms with E-state index in [-0.39, 0.29) is 11.3 Å². The lowest BCUT2D eigenvalue weighted by Gasteiger charge is -2.27. The molecule has 3 rings (SSSR count). The van der Waals surface area contributed by atoms with E-state index in [9.17, 15) is 14.7 Å². The molecule has 1 N–H and O–H groups in total. The van der Waals surface area contributed by atoms with E-state index in [0.717, 1.165) is 26.1 Å². The van der Waals surface area contributed by atoms with Crippen LogP contribution in [-0.2, 0) is 9.59 Å². The molecular formula is C30H40N2O7. The van der Waals surface area contributed by atoms with Crippen molar-refractivity contribution in [1.82, 2.24) is 9.80 Å². The second kappa shape index (κ2) is 13.9. The molecule has 2 aromatic carbocycles. The van der Waals surface area contributed by atoms with Crippen LogP contribution in [0.4, 0.5) is 0 Å². The van der Waals surface area contributed by atoms with E-state index < -0.39 is 17.7 Å². The monoisotopic (exact) mass is 540 g/mol. The maximum absolute atomic E-state index is 13.5. The summed E-state index contributed by atoms with van der Waals surface area (Å²) in [5, 5.41) is 11.5. The molecule has 212 valence electrons. The van der Waals surface area contributed by atoms with Gasteiger partial charge in [0.1, 0.15) is 11.5 Å². The number of benzene rings is 2. The molecule has 1 atom stereocenters. The van der Waals surface area contributed by atoms with Gasteiger partial charge < -0.3 is 33.9 Å². The maximum atomic E-state index is 13.5. The molecule has 9 heteroatoms. The summed E-state index contributed by atoms with van der Waals surface area (Å²) in [5.41, 5.74) is 0.957. The molecule has 1 aliphatic heterocycles. The molecule has 0 aromatic heterocycles. The van der Waals surface area contributed by atoms with Crippen LogP contribution in [0.25, 0.3) is 5.76 Å². The van der Waals surface area contributed by atoms with Crippen LogP contribution in [0.5, 0.6) is 23.0 Å². The molecule has 1 heterocycles. The molecule has 2 aromatic rings. The van der Waals surface area contributed by atoms with Gasteiger partial charge in [-0.15, -0.1) is 0 Å². The number of rotatable bonds is 14. The number of carbonyl (C=O) groups excluding carboxylic acids is 2. The minimum atomic E-state index is -0.851. The quantitative estimate of drug-likeness (QED) is 0.210. The first kappa shape index (κ1) is 29.8. The minimum Gasteiger partial charge on any atom is -0.507 e. The van der Waals surface area contributed by atoms with Gasteiger partial charge >= 0.3 is 0 Å². The van der Waals surface area contributed by atoms with Gasteiger partial charge in [-0.25, -0.2) is 0 Å². The predicted octanol–water partition coefficient (Wildman–Crippen LogP) is 4.65. The summed E-state index contributed by atoms with van der Waals surface area (Å²) in [6, 6.07) is 9.46. The normalized spacial score (nSPS) is 16.6. The molecule has 0 spiro atoms. The van der Waals surface area contributed by atoms with Crippen molar-refractivity contribution in [2.24, 2.45) is 0 Å². The first-order chi connectivity index (χ1) is 18.8. The zero-order valence-electron chi connectivity index (χ0n) is 23.8. The first-order valence-electron chi connectivity index (χ1n) is 13.4. The fourth-order valence-electron chi connectivity index (χ4n) is 4.83. The molecule has 0 saturated carbocycles. The number of likely N-dealkylation sites (tertiary alicyclic amines) is 1. The zero-order chi connectivity index (χ0) is 28.5. The van der Waals surface area contributed by atoms with Gasteiger partial charge in [0, 0.05) is 12.1 Å². The van der Waals surface area contributed by atoms with Crippen molar-refractivity contribution in [2.45, 2.75) is 39.7 Å². The summed E-state index contributed by atoms with van der Waals surface area (Å²) in [7, 11) is 4.51. The third-order valence-corrected chi connectivity index (χ3v) is 6.89. The number of hydrogen-bond acceptors (Lipinski definition) is 8. The number of ether oxygens (including phenoxy) is 4. The standard InChI is InChI=1S/C30H40N2O7/c1-7-16-39-22-13-10-12-20(17-22)27(33)25-26(21-18-23(36-4)29(38-6)24(19-21)37-5)32(30(35)28(25)34)15-11-14-31(8-2)9-3/h10,12-13,17-19,26,33H,7-9,11,14-16H2,1-6H3. The molecule has 1 amide bonds. The Bertz CT molecular complexity index is 1160.